The normalized spacial score (nSPS) is 18.9. The van der Waals surface area contributed by atoms with Crippen molar-refractivity contribution >= 4 is 49.4 Å². The number of likely N-dealkylation sites (tertiary alicyclic amines) is 2. The Balaban J connectivity index is 1.53. The number of carbonyl (C=O) groups is 3. The summed E-state index contributed by atoms with van der Waals surface area (Å²) in [6.45, 7) is 13.6. The van der Waals surface area contributed by atoms with Crippen LogP contribution in [0.2, 0.25) is 35.7 Å². The number of nitrogens with one attached hydrogen (secondary N) is 1. The second-order valence-electron chi connectivity index (χ2n) is 13.6. The molecule has 2 saturated heterocycles. The molecule has 2 aliphatic heterocycles. The number of carbonyl (C=O) groups excluding carboxylic acids is 3. The average molecular weight is 681 g/mol. The minimum absolute atomic E-state index is 0.00942. The molecule has 2 fully saturated rings. The van der Waals surface area contributed by atoms with E-state index in [4.69, 9.17) is 42.1 Å². The molecule has 0 unspecified atom stereocenters. The SMILES string of the molecule is CC(C)(C)OC(=O)N1CC(N2C[C@@H](c3c(OCOCC[Si](C)(C)C)ccc(Cl)c3Cl)[C@H](NC(=O)OCc3ccccc3)C2=O)C1. The molecule has 2 aromatic rings. The second kappa shape index (κ2) is 14.6. The minimum Gasteiger partial charge on any atom is -0.467 e. The van der Waals surface area contributed by atoms with Crippen molar-refractivity contribution in [1.29, 1.82) is 0 Å². The van der Waals surface area contributed by atoms with Gasteiger partial charge in [0, 0.05) is 45.8 Å². The number of ether oxygens (including phenoxy) is 4. The molecule has 2 heterocycles. The first kappa shape index (κ1) is 34.9. The maximum Gasteiger partial charge on any atom is 0.410 e. The van der Waals surface area contributed by atoms with Gasteiger partial charge >= 0.3 is 12.2 Å². The van der Waals surface area contributed by atoms with E-state index in [1.807, 2.05) is 30.3 Å². The van der Waals surface area contributed by atoms with Crippen LogP contribution in [0, 0.1) is 0 Å². The summed E-state index contributed by atoms with van der Waals surface area (Å²) in [7, 11) is -1.28. The molecule has 2 atom stereocenters. The fourth-order valence-corrected chi connectivity index (χ4v) is 6.31. The van der Waals surface area contributed by atoms with Gasteiger partial charge in [0.1, 0.15) is 24.0 Å². The predicted octanol–water partition coefficient (Wildman–Crippen LogP) is 6.52. The molecule has 13 heteroatoms. The molecule has 3 amide bonds. The number of benzene rings is 2. The molecule has 4 rings (SSSR count). The zero-order valence-electron chi connectivity index (χ0n) is 26.7. The highest BCUT2D eigenvalue weighted by Crippen LogP contribution is 2.43. The summed E-state index contributed by atoms with van der Waals surface area (Å²) in [5.41, 5.74) is 0.665. The van der Waals surface area contributed by atoms with Gasteiger partial charge < -0.3 is 34.1 Å². The maximum atomic E-state index is 13.9. The Morgan fingerprint density at radius 2 is 1.71 bits per heavy atom. The molecule has 2 aliphatic rings. The van der Waals surface area contributed by atoms with Crippen molar-refractivity contribution in [3.8, 4) is 5.75 Å². The number of hydrogen-bond donors (Lipinski definition) is 1. The number of alkyl carbamates (subject to hydrolysis) is 1. The third kappa shape index (κ3) is 9.51. The van der Waals surface area contributed by atoms with Crippen molar-refractivity contribution in [2.24, 2.45) is 0 Å². The highest BCUT2D eigenvalue weighted by Gasteiger charge is 2.50. The van der Waals surface area contributed by atoms with Crippen LogP contribution in [-0.4, -0.2) is 86.7 Å². The lowest BCUT2D eigenvalue weighted by Crippen LogP contribution is -2.62. The molecule has 1 N–H and O–H groups in total. The van der Waals surface area contributed by atoms with E-state index in [0.29, 0.717) is 31.0 Å². The summed E-state index contributed by atoms with van der Waals surface area (Å²) < 4.78 is 22.7. The lowest BCUT2D eigenvalue weighted by molar-refractivity contribution is -0.134. The van der Waals surface area contributed by atoms with Crippen molar-refractivity contribution < 1.29 is 33.3 Å². The zero-order valence-corrected chi connectivity index (χ0v) is 29.2. The molecule has 0 spiro atoms. The van der Waals surface area contributed by atoms with Crippen LogP contribution in [0.15, 0.2) is 42.5 Å². The van der Waals surface area contributed by atoms with Crippen LogP contribution in [0.3, 0.4) is 0 Å². The van der Waals surface area contributed by atoms with Crippen LogP contribution in [-0.2, 0) is 25.6 Å². The maximum absolute atomic E-state index is 13.9. The van der Waals surface area contributed by atoms with E-state index in [0.717, 1.165) is 11.6 Å². The van der Waals surface area contributed by atoms with Gasteiger partial charge in [-0.1, -0.05) is 73.2 Å². The summed E-state index contributed by atoms with van der Waals surface area (Å²) >= 11 is 13.2. The molecule has 10 nitrogen and oxygen atoms in total. The molecule has 0 bridgehead atoms. The van der Waals surface area contributed by atoms with Gasteiger partial charge in [0.05, 0.1) is 16.1 Å². The lowest BCUT2D eigenvalue weighted by Gasteiger charge is -2.44. The second-order valence-corrected chi connectivity index (χ2v) is 20.0. The lowest BCUT2D eigenvalue weighted by atomic mass is 9.93. The van der Waals surface area contributed by atoms with Crippen LogP contribution in [0.5, 0.6) is 5.75 Å². The Labute approximate surface area is 276 Å². The van der Waals surface area contributed by atoms with Gasteiger partial charge in [0.15, 0.2) is 6.79 Å². The molecular weight excluding hydrogens is 637 g/mol. The molecule has 45 heavy (non-hydrogen) atoms. The molecule has 0 aromatic heterocycles. The van der Waals surface area contributed by atoms with Gasteiger partial charge in [-0.05, 0) is 44.5 Å². The van der Waals surface area contributed by atoms with Crippen LogP contribution < -0.4 is 10.1 Å². The van der Waals surface area contributed by atoms with E-state index in [9.17, 15) is 14.4 Å². The Bertz CT molecular complexity index is 1360. The fraction of sp³-hybridized carbons (Fsp3) is 0.531. The summed E-state index contributed by atoms with van der Waals surface area (Å²) in [5.74, 6) is -0.537. The summed E-state index contributed by atoms with van der Waals surface area (Å²) in [4.78, 5) is 42.7. The van der Waals surface area contributed by atoms with Crippen LogP contribution in [0.1, 0.15) is 37.8 Å². The molecule has 0 radical (unpaired) electrons. The first-order chi connectivity index (χ1) is 21.1. The fourth-order valence-electron chi connectivity index (χ4n) is 5.09. The van der Waals surface area contributed by atoms with E-state index in [2.05, 4.69) is 25.0 Å². The molecule has 0 saturated carbocycles. The first-order valence-electron chi connectivity index (χ1n) is 15.1. The minimum atomic E-state index is -1.28. The van der Waals surface area contributed by atoms with Gasteiger partial charge in [0.2, 0.25) is 5.91 Å². The number of halogens is 2. The number of amides is 3. The van der Waals surface area contributed by atoms with Gasteiger partial charge in [-0.25, -0.2) is 9.59 Å². The first-order valence-corrected chi connectivity index (χ1v) is 19.5. The molecule has 0 aliphatic carbocycles. The topological polar surface area (TPSA) is 107 Å². The van der Waals surface area contributed by atoms with E-state index in [1.165, 1.54) is 0 Å². The van der Waals surface area contributed by atoms with Crippen LogP contribution in [0.25, 0.3) is 0 Å². The van der Waals surface area contributed by atoms with E-state index >= 15 is 0 Å². The van der Waals surface area contributed by atoms with Crippen molar-refractivity contribution in [1.82, 2.24) is 15.1 Å². The van der Waals surface area contributed by atoms with E-state index in [1.54, 1.807) is 42.7 Å². The Morgan fingerprint density at radius 3 is 2.36 bits per heavy atom. The quantitative estimate of drug-likeness (QED) is 0.164. The van der Waals surface area contributed by atoms with Crippen molar-refractivity contribution in [2.45, 2.75) is 76.7 Å². The molecular formula is C32H43Cl2N3O7Si. The summed E-state index contributed by atoms with van der Waals surface area (Å²) in [6.07, 6.45) is -1.19. The van der Waals surface area contributed by atoms with Gasteiger partial charge in [-0.3, -0.25) is 4.79 Å². The number of hydrogen-bond acceptors (Lipinski definition) is 7. The standard InChI is InChI=1S/C32H43Cl2N3O7Si/c1-32(2,3)44-31(40)36-16-22(17-36)37-18-23(28(29(37)38)35-30(39)42-19-21-10-8-7-9-11-21)26-25(13-12-24(33)27(26)34)43-20-41-14-15-45(4,5)6/h7-13,22-23,28H,14-20H2,1-6H3,(H,35,39)/t23-,28-/m0/s1. The zero-order chi connectivity index (χ0) is 32.9. The monoisotopic (exact) mass is 679 g/mol. The third-order valence-electron chi connectivity index (χ3n) is 7.54. The Kier molecular flexibility index (Phi) is 11.3. The van der Waals surface area contributed by atoms with Crippen molar-refractivity contribution in [2.75, 3.05) is 33.0 Å². The Morgan fingerprint density at radius 1 is 1.02 bits per heavy atom. The summed E-state index contributed by atoms with van der Waals surface area (Å²) in [5, 5.41) is 3.28. The third-order valence-corrected chi connectivity index (χ3v) is 10.1. The largest absolute Gasteiger partial charge is 0.467 e. The van der Waals surface area contributed by atoms with Crippen LogP contribution in [0.4, 0.5) is 9.59 Å². The summed E-state index contributed by atoms with van der Waals surface area (Å²) in [6, 6.07) is 12.3. The highest BCUT2D eigenvalue weighted by molar-refractivity contribution is 6.76. The van der Waals surface area contributed by atoms with E-state index < -0.39 is 37.8 Å². The molecule has 246 valence electrons. The van der Waals surface area contributed by atoms with Crippen LogP contribution >= 0.6 is 23.2 Å². The van der Waals surface area contributed by atoms with Gasteiger partial charge in [-0.2, -0.15) is 0 Å². The van der Waals surface area contributed by atoms with Gasteiger partial charge in [0.25, 0.3) is 0 Å². The highest BCUT2D eigenvalue weighted by atomic mass is 35.5. The number of rotatable bonds is 11. The van der Waals surface area contributed by atoms with Crippen molar-refractivity contribution in [3.63, 3.8) is 0 Å². The molecule has 2 aromatic carbocycles. The average Bonchev–Trinajstić information content (AvgIpc) is 3.22. The number of nitrogens with zero attached hydrogens (tertiary/aromatic N) is 2. The predicted molar refractivity (Wildman–Crippen MR) is 176 cm³/mol. The Hall–Kier alpha value is -2.99. The van der Waals surface area contributed by atoms with E-state index in [-0.39, 0.29) is 41.9 Å². The van der Waals surface area contributed by atoms with Crippen molar-refractivity contribution in [3.05, 3.63) is 63.6 Å². The van der Waals surface area contributed by atoms with Gasteiger partial charge in [-0.15, -0.1) is 0 Å². The smallest absolute Gasteiger partial charge is 0.410 e.